The first-order valence-electron chi connectivity index (χ1n) is 7.90. The summed E-state index contributed by atoms with van der Waals surface area (Å²) in [5, 5.41) is 14.6. The number of aromatic nitrogens is 5. The van der Waals surface area contributed by atoms with E-state index in [0.29, 0.717) is 24.9 Å². The number of pyridine rings is 1. The highest BCUT2D eigenvalue weighted by atomic mass is 16.5. The Balaban J connectivity index is 1.69. The summed E-state index contributed by atoms with van der Waals surface area (Å²) in [4.78, 5) is 16.8. The topological polar surface area (TPSA) is 94.8 Å². The van der Waals surface area contributed by atoms with Crippen molar-refractivity contribution in [3.63, 3.8) is 0 Å². The Bertz CT molecular complexity index is 671. The molecule has 2 aromatic heterocycles. The largest absolute Gasteiger partial charge is 0.478 e. The molecule has 0 saturated heterocycles. The van der Waals surface area contributed by atoms with E-state index in [2.05, 4.69) is 25.8 Å². The first kappa shape index (κ1) is 15.4. The van der Waals surface area contributed by atoms with Gasteiger partial charge in [0.15, 0.2) is 5.82 Å². The fourth-order valence-electron chi connectivity index (χ4n) is 2.74. The van der Waals surface area contributed by atoms with E-state index in [1.54, 1.807) is 10.9 Å². The van der Waals surface area contributed by atoms with Gasteiger partial charge in [0.1, 0.15) is 0 Å². The molecule has 0 unspecified atom stereocenters. The lowest BCUT2D eigenvalue weighted by molar-refractivity contribution is -0.123. The van der Waals surface area contributed by atoms with Crippen molar-refractivity contribution < 1.29 is 9.53 Å². The summed E-state index contributed by atoms with van der Waals surface area (Å²) in [7, 11) is 0. The Morgan fingerprint density at radius 3 is 3.26 bits per heavy atom. The minimum Gasteiger partial charge on any atom is -0.478 e. The van der Waals surface area contributed by atoms with Crippen LogP contribution in [0.3, 0.4) is 0 Å². The molecular weight excluding hydrogens is 296 g/mol. The van der Waals surface area contributed by atoms with Gasteiger partial charge in [0.2, 0.25) is 11.8 Å². The molecule has 1 atom stereocenters. The quantitative estimate of drug-likeness (QED) is 0.886. The molecule has 1 N–H and O–H groups in total. The van der Waals surface area contributed by atoms with E-state index in [4.69, 9.17) is 4.74 Å². The summed E-state index contributed by atoms with van der Waals surface area (Å²) >= 11 is 0. The second-order valence-electron chi connectivity index (χ2n) is 5.43. The predicted octanol–water partition coefficient (Wildman–Crippen LogP) is 1.05. The van der Waals surface area contributed by atoms with Crippen LogP contribution in [0.1, 0.15) is 43.5 Å². The van der Waals surface area contributed by atoms with Crippen LogP contribution in [0, 0.1) is 0 Å². The maximum atomic E-state index is 12.6. The zero-order valence-corrected chi connectivity index (χ0v) is 13.1. The second kappa shape index (κ2) is 7.17. The summed E-state index contributed by atoms with van der Waals surface area (Å²) < 4.78 is 7.21. The highest BCUT2D eigenvalue weighted by Crippen LogP contribution is 2.24. The molecule has 1 aliphatic heterocycles. The zero-order chi connectivity index (χ0) is 16.1. The number of hydrogen-bond acceptors (Lipinski definition) is 6. The lowest BCUT2D eigenvalue weighted by Gasteiger charge is -2.14. The van der Waals surface area contributed by atoms with Crippen molar-refractivity contribution in [3.05, 3.63) is 29.7 Å². The number of aryl methyl sites for hydroxylation is 1. The van der Waals surface area contributed by atoms with Crippen LogP contribution in [-0.4, -0.2) is 37.7 Å². The van der Waals surface area contributed by atoms with Crippen molar-refractivity contribution in [1.82, 2.24) is 30.5 Å². The molecule has 1 amide bonds. The monoisotopic (exact) mass is 316 g/mol. The van der Waals surface area contributed by atoms with Gasteiger partial charge in [-0.3, -0.25) is 4.79 Å². The highest BCUT2D eigenvalue weighted by Gasteiger charge is 2.28. The lowest BCUT2D eigenvalue weighted by atomic mass is 10.0. The SMILES string of the molecule is CCOc1ncccc1CNC(=O)[C@@H]1CCCCn2nnnc21. The first-order valence-corrected chi connectivity index (χ1v) is 7.90. The van der Waals surface area contributed by atoms with Crippen molar-refractivity contribution in [2.45, 2.75) is 45.2 Å². The molecular formula is C15H20N6O2. The van der Waals surface area contributed by atoms with Crippen molar-refractivity contribution in [1.29, 1.82) is 0 Å². The van der Waals surface area contributed by atoms with Gasteiger partial charge in [0.25, 0.3) is 0 Å². The molecule has 0 bridgehead atoms. The van der Waals surface area contributed by atoms with Crippen LogP contribution in [0.2, 0.25) is 0 Å². The summed E-state index contributed by atoms with van der Waals surface area (Å²) in [6.07, 6.45) is 4.40. The third-order valence-electron chi connectivity index (χ3n) is 3.88. The first-order chi connectivity index (χ1) is 11.3. The number of tetrazole rings is 1. The minimum absolute atomic E-state index is 0.0609. The number of ether oxygens (including phenoxy) is 1. The van der Waals surface area contributed by atoms with E-state index in [-0.39, 0.29) is 11.8 Å². The Morgan fingerprint density at radius 1 is 1.48 bits per heavy atom. The van der Waals surface area contributed by atoms with Gasteiger partial charge in [-0.15, -0.1) is 5.10 Å². The van der Waals surface area contributed by atoms with Crippen molar-refractivity contribution in [2.75, 3.05) is 6.61 Å². The number of fused-ring (bicyclic) bond motifs is 1. The number of hydrogen-bond donors (Lipinski definition) is 1. The van der Waals surface area contributed by atoms with E-state index in [9.17, 15) is 4.79 Å². The molecule has 8 nitrogen and oxygen atoms in total. The molecule has 3 rings (SSSR count). The fourth-order valence-corrected chi connectivity index (χ4v) is 2.74. The van der Waals surface area contributed by atoms with Crippen LogP contribution in [0.4, 0.5) is 0 Å². The third-order valence-corrected chi connectivity index (χ3v) is 3.88. The van der Waals surface area contributed by atoms with Gasteiger partial charge >= 0.3 is 0 Å². The van der Waals surface area contributed by atoms with Gasteiger partial charge in [0, 0.05) is 24.8 Å². The molecule has 8 heteroatoms. The van der Waals surface area contributed by atoms with Crippen LogP contribution in [0.15, 0.2) is 18.3 Å². The van der Waals surface area contributed by atoms with Gasteiger partial charge in [-0.1, -0.05) is 12.5 Å². The third kappa shape index (κ3) is 3.46. The van der Waals surface area contributed by atoms with E-state index in [0.717, 1.165) is 31.4 Å². The molecule has 0 fully saturated rings. The number of rotatable bonds is 5. The van der Waals surface area contributed by atoms with E-state index in [1.807, 2.05) is 19.1 Å². The standard InChI is InChI=1S/C15H20N6O2/c1-2-23-15-11(6-5-8-16-15)10-17-14(22)12-7-3-4-9-21-13(12)18-19-20-21/h5-6,8,12H,2-4,7,9-10H2,1H3,(H,17,22)/t12-/m1/s1. The number of nitrogens with one attached hydrogen (secondary N) is 1. The second-order valence-corrected chi connectivity index (χ2v) is 5.43. The van der Waals surface area contributed by atoms with E-state index >= 15 is 0 Å². The highest BCUT2D eigenvalue weighted by molar-refractivity contribution is 5.82. The average molecular weight is 316 g/mol. The summed E-state index contributed by atoms with van der Waals surface area (Å²) in [6, 6.07) is 3.73. The molecule has 2 aromatic rings. The van der Waals surface area contributed by atoms with Crippen LogP contribution in [0.5, 0.6) is 5.88 Å². The van der Waals surface area contributed by atoms with Crippen LogP contribution in [-0.2, 0) is 17.9 Å². The van der Waals surface area contributed by atoms with Crippen molar-refractivity contribution in [2.24, 2.45) is 0 Å². The molecule has 122 valence electrons. The minimum atomic E-state index is -0.306. The van der Waals surface area contributed by atoms with Gasteiger partial charge in [-0.05, 0) is 36.3 Å². The molecule has 1 aliphatic rings. The maximum absolute atomic E-state index is 12.6. The van der Waals surface area contributed by atoms with Crippen LogP contribution >= 0.6 is 0 Å². The number of nitrogens with zero attached hydrogens (tertiary/aromatic N) is 5. The Hall–Kier alpha value is -2.51. The molecule has 0 aromatic carbocycles. The molecule has 23 heavy (non-hydrogen) atoms. The number of carbonyl (C=O) groups excluding carboxylic acids is 1. The normalized spacial score (nSPS) is 17.2. The zero-order valence-electron chi connectivity index (χ0n) is 13.1. The van der Waals surface area contributed by atoms with Gasteiger partial charge in [-0.2, -0.15) is 0 Å². The Morgan fingerprint density at radius 2 is 2.39 bits per heavy atom. The molecule has 0 spiro atoms. The van der Waals surface area contributed by atoms with Crippen molar-refractivity contribution >= 4 is 5.91 Å². The van der Waals surface area contributed by atoms with Gasteiger partial charge in [0.05, 0.1) is 12.5 Å². The lowest BCUT2D eigenvalue weighted by Crippen LogP contribution is -2.30. The van der Waals surface area contributed by atoms with Crippen molar-refractivity contribution in [3.8, 4) is 5.88 Å². The Labute approximate surface area is 134 Å². The predicted molar refractivity (Wildman–Crippen MR) is 81.7 cm³/mol. The van der Waals surface area contributed by atoms with E-state index < -0.39 is 0 Å². The van der Waals surface area contributed by atoms with Crippen LogP contribution < -0.4 is 10.1 Å². The fraction of sp³-hybridized carbons (Fsp3) is 0.533. The average Bonchev–Trinajstić information content (AvgIpc) is 2.93. The number of amides is 1. The van der Waals surface area contributed by atoms with Gasteiger partial charge in [-0.25, -0.2) is 9.67 Å². The smallest absolute Gasteiger partial charge is 0.231 e. The molecule has 0 aliphatic carbocycles. The Kier molecular flexibility index (Phi) is 4.80. The molecule has 0 radical (unpaired) electrons. The summed E-state index contributed by atoms with van der Waals surface area (Å²) in [5.41, 5.74) is 0.857. The molecule has 0 saturated carbocycles. The summed E-state index contributed by atoms with van der Waals surface area (Å²) in [6.45, 7) is 3.58. The van der Waals surface area contributed by atoms with Crippen LogP contribution in [0.25, 0.3) is 0 Å². The van der Waals surface area contributed by atoms with E-state index in [1.165, 1.54) is 0 Å². The number of carbonyl (C=O) groups is 1. The molecule has 3 heterocycles. The summed E-state index contributed by atoms with van der Waals surface area (Å²) in [5.74, 6) is 0.839. The maximum Gasteiger partial charge on any atom is 0.231 e. The van der Waals surface area contributed by atoms with Gasteiger partial charge < -0.3 is 10.1 Å².